The number of halogens is 1. The fraction of sp³-hybridized carbons (Fsp3) is 0.800. The second-order valence-electron chi connectivity index (χ2n) is 2.11. The Labute approximate surface area is 61.8 Å². The highest BCUT2D eigenvalue weighted by atomic mass is 79.9. The van der Waals surface area contributed by atoms with Crippen LogP contribution in [0.3, 0.4) is 0 Å². The van der Waals surface area contributed by atoms with Crippen LogP contribution in [0.4, 0.5) is 4.79 Å². The van der Waals surface area contributed by atoms with Gasteiger partial charge >= 0.3 is 6.09 Å². The van der Waals surface area contributed by atoms with E-state index in [1.807, 2.05) is 0 Å². The molecule has 0 aliphatic carbocycles. The van der Waals surface area contributed by atoms with Crippen molar-refractivity contribution in [3.8, 4) is 0 Å². The van der Waals surface area contributed by atoms with Crippen molar-refractivity contribution in [1.82, 2.24) is 4.90 Å². The molecule has 1 aliphatic rings. The summed E-state index contributed by atoms with van der Waals surface area (Å²) in [5.41, 5.74) is 0. The molecule has 9 heavy (non-hydrogen) atoms. The van der Waals surface area contributed by atoms with Gasteiger partial charge in [0.15, 0.2) is 0 Å². The standard InChI is InChI=1S/C5H8BrNO2/c6-4-1-2-7(3-4)5(8)9/h4H,1-3H2,(H,8,9)/t4-/m0/s1. The average molecular weight is 194 g/mol. The number of hydrogen-bond donors (Lipinski definition) is 1. The predicted molar refractivity (Wildman–Crippen MR) is 36.9 cm³/mol. The molecule has 4 heteroatoms. The van der Waals surface area contributed by atoms with Gasteiger partial charge in [0, 0.05) is 17.9 Å². The van der Waals surface area contributed by atoms with Gasteiger partial charge < -0.3 is 10.0 Å². The first-order valence-electron chi connectivity index (χ1n) is 2.82. The SMILES string of the molecule is O=C(O)N1CC[C@H](Br)C1. The molecule has 1 rings (SSSR count). The van der Waals surface area contributed by atoms with Gasteiger partial charge in [-0.15, -0.1) is 0 Å². The quantitative estimate of drug-likeness (QED) is 0.587. The lowest BCUT2D eigenvalue weighted by atomic mass is 10.4. The normalized spacial score (nSPS) is 26.8. The highest BCUT2D eigenvalue weighted by molar-refractivity contribution is 9.09. The summed E-state index contributed by atoms with van der Waals surface area (Å²) < 4.78 is 0. The Hall–Kier alpha value is -0.250. The van der Waals surface area contributed by atoms with E-state index < -0.39 is 6.09 Å². The summed E-state index contributed by atoms with van der Waals surface area (Å²) in [4.78, 5) is 12.0. The zero-order chi connectivity index (χ0) is 6.85. The van der Waals surface area contributed by atoms with Gasteiger partial charge in [-0.2, -0.15) is 0 Å². The molecule has 0 aromatic carbocycles. The molecule has 0 unspecified atom stereocenters. The monoisotopic (exact) mass is 193 g/mol. The van der Waals surface area contributed by atoms with Gasteiger partial charge in [-0.05, 0) is 6.42 Å². The van der Waals surface area contributed by atoms with Crippen LogP contribution in [-0.2, 0) is 0 Å². The van der Waals surface area contributed by atoms with Gasteiger partial charge in [0.05, 0.1) is 0 Å². The van der Waals surface area contributed by atoms with E-state index in [2.05, 4.69) is 15.9 Å². The van der Waals surface area contributed by atoms with Crippen LogP contribution in [0.25, 0.3) is 0 Å². The van der Waals surface area contributed by atoms with Crippen LogP contribution in [0, 0.1) is 0 Å². The second kappa shape index (κ2) is 2.56. The Morgan fingerprint density at radius 2 is 2.44 bits per heavy atom. The highest BCUT2D eigenvalue weighted by Crippen LogP contribution is 2.15. The van der Waals surface area contributed by atoms with Crippen molar-refractivity contribution in [2.75, 3.05) is 13.1 Å². The number of likely N-dealkylation sites (tertiary alicyclic amines) is 1. The molecule has 1 fully saturated rings. The maximum absolute atomic E-state index is 10.3. The molecule has 52 valence electrons. The summed E-state index contributed by atoms with van der Waals surface area (Å²) in [7, 11) is 0. The maximum Gasteiger partial charge on any atom is 0.407 e. The van der Waals surface area contributed by atoms with Crippen LogP contribution in [-0.4, -0.2) is 34.0 Å². The zero-order valence-corrected chi connectivity index (χ0v) is 6.47. The second-order valence-corrected chi connectivity index (χ2v) is 3.41. The average Bonchev–Trinajstić information content (AvgIpc) is 2.14. The molecule has 1 saturated heterocycles. The molecule has 0 aromatic rings. The number of rotatable bonds is 0. The van der Waals surface area contributed by atoms with E-state index in [0.29, 0.717) is 17.9 Å². The molecule has 0 saturated carbocycles. The maximum atomic E-state index is 10.3. The molecule has 0 spiro atoms. The fourth-order valence-electron chi connectivity index (χ4n) is 0.891. The molecule has 0 bridgehead atoms. The lowest BCUT2D eigenvalue weighted by molar-refractivity contribution is 0.156. The zero-order valence-electron chi connectivity index (χ0n) is 4.88. The van der Waals surface area contributed by atoms with E-state index in [-0.39, 0.29) is 0 Å². The van der Waals surface area contributed by atoms with Crippen molar-refractivity contribution in [3.05, 3.63) is 0 Å². The van der Waals surface area contributed by atoms with Crippen LogP contribution < -0.4 is 0 Å². The van der Waals surface area contributed by atoms with Crippen LogP contribution in [0.2, 0.25) is 0 Å². The van der Waals surface area contributed by atoms with Gasteiger partial charge in [0.1, 0.15) is 0 Å². The molecule has 1 N–H and O–H groups in total. The summed E-state index contributed by atoms with van der Waals surface area (Å²) in [5.74, 6) is 0. The van der Waals surface area contributed by atoms with Crippen molar-refractivity contribution < 1.29 is 9.90 Å². The molecular formula is C5H8BrNO2. The minimum atomic E-state index is -0.808. The number of amides is 1. The summed E-state index contributed by atoms with van der Waals surface area (Å²) in [5, 5.41) is 8.44. The molecule has 0 aromatic heterocycles. The molecule has 3 nitrogen and oxygen atoms in total. The van der Waals surface area contributed by atoms with E-state index in [4.69, 9.17) is 5.11 Å². The number of carbonyl (C=O) groups is 1. The van der Waals surface area contributed by atoms with Gasteiger partial charge in [0.2, 0.25) is 0 Å². The number of carboxylic acid groups (broad SMARTS) is 1. The van der Waals surface area contributed by atoms with Crippen LogP contribution in [0.5, 0.6) is 0 Å². The first kappa shape index (κ1) is 6.86. The van der Waals surface area contributed by atoms with E-state index in [1.165, 1.54) is 4.90 Å². The first-order chi connectivity index (χ1) is 4.20. The van der Waals surface area contributed by atoms with Crippen molar-refractivity contribution in [2.45, 2.75) is 11.2 Å². The third-order valence-corrected chi connectivity index (χ3v) is 2.15. The van der Waals surface area contributed by atoms with Crippen LogP contribution >= 0.6 is 15.9 Å². The molecule has 0 radical (unpaired) electrons. The third kappa shape index (κ3) is 1.58. The van der Waals surface area contributed by atoms with Crippen molar-refractivity contribution >= 4 is 22.0 Å². The molecule has 1 aliphatic heterocycles. The van der Waals surface area contributed by atoms with E-state index in [1.54, 1.807) is 0 Å². The van der Waals surface area contributed by atoms with Gasteiger partial charge in [-0.25, -0.2) is 4.79 Å². The minimum Gasteiger partial charge on any atom is -0.465 e. The van der Waals surface area contributed by atoms with Crippen LogP contribution in [0.15, 0.2) is 0 Å². The lowest BCUT2D eigenvalue weighted by Gasteiger charge is -2.08. The van der Waals surface area contributed by atoms with E-state index in [0.717, 1.165) is 6.42 Å². The van der Waals surface area contributed by atoms with Crippen molar-refractivity contribution in [2.24, 2.45) is 0 Å². The van der Waals surface area contributed by atoms with Gasteiger partial charge in [-0.3, -0.25) is 0 Å². The van der Waals surface area contributed by atoms with E-state index >= 15 is 0 Å². The Kier molecular flexibility index (Phi) is 1.95. The Bertz CT molecular complexity index is 128. The van der Waals surface area contributed by atoms with Crippen LogP contribution in [0.1, 0.15) is 6.42 Å². The topological polar surface area (TPSA) is 40.5 Å². The Morgan fingerprint density at radius 1 is 1.78 bits per heavy atom. The van der Waals surface area contributed by atoms with Crippen molar-refractivity contribution in [1.29, 1.82) is 0 Å². The van der Waals surface area contributed by atoms with Gasteiger partial charge in [0.25, 0.3) is 0 Å². The first-order valence-corrected chi connectivity index (χ1v) is 3.73. The third-order valence-electron chi connectivity index (χ3n) is 1.40. The highest BCUT2D eigenvalue weighted by Gasteiger charge is 2.23. The minimum absolute atomic E-state index is 0.369. The number of hydrogen-bond acceptors (Lipinski definition) is 1. The van der Waals surface area contributed by atoms with Crippen molar-refractivity contribution in [3.63, 3.8) is 0 Å². The molecule has 1 amide bonds. The number of nitrogens with zero attached hydrogens (tertiary/aromatic N) is 1. The fourth-order valence-corrected chi connectivity index (χ4v) is 1.45. The molecular weight excluding hydrogens is 186 g/mol. The Balaban J connectivity index is 2.39. The molecule has 1 atom stereocenters. The summed E-state index contributed by atoms with van der Waals surface area (Å²) in [6.45, 7) is 1.31. The lowest BCUT2D eigenvalue weighted by Crippen LogP contribution is -2.26. The summed E-state index contributed by atoms with van der Waals surface area (Å²) in [6.07, 6.45) is 0.128. The largest absolute Gasteiger partial charge is 0.465 e. The summed E-state index contributed by atoms with van der Waals surface area (Å²) in [6, 6.07) is 0. The molecule has 1 heterocycles. The Morgan fingerprint density at radius 3 is 2.67 bits per heavy atom. The number of alkyl halides is 1. The smallest absolute Gasteiger partial charge is 0.407 e. The van der Waals surface area contributed by atoms with E-state index in [9.17, 15) is 4.79 Å². The predicted octanol–water partition coefficient (Wildman–Crippen LogP) is 1.13. The van der Waals surface area contributed by atoms with Gasteiger partial charge in [-0.1, -0.05) is 15.9 Å². The summed E-state index contributed by atoms with van der Waals surface area (Å²) >= 11 is 3.34.